The summed E-state index contributed by atoms with van der Waals surface area (Å²) in [5, 5.41) is 18.3. The van der Waals surface area contributed by atoms with Gasteiger partial charge in [-0.15, -0.1) is 5.10 Å². The lowest BCUT2D eigenvalue weighted by atomic mass is 10.0. The zero-order valence-corrected chi connectivity index (χ0v) is 26.9. The first-order valence-corrected chi connectivity index (χ1v) is 16.8. The van der Waals surface area contributed by atoms with Crippen LogP contribution in [0.4, 0.5) is 11.6 Å². The minimum atomic E-state index is -3.20. The first-order chi connectivity index (χ1) is 22.1. The van der Waals surface area contributed by atoms with Crippen LogP contribution in [0.15, 0.2) is 61.3 Å². The average molecular weight is 641 g/mol. The molecule has 238 valence electrons. The molecule has 0 aromatic carbocycles. The number of ether oxygens (including phenoxy) is 1. The SMILES string of the molecule is COc1ccc(CN2CCN(c3ccc(-c4cc(-c5cnn(CCS(=O)(=O)C(C)C)c5)cn5nc(N)c(C#N)c45)cn3)CC2)cn1. The van der Waals surface area contributed by atoms with Gasteiger partial charge >= 0.3 is 0 Å². The monoisotopic (exact) mass is 640 g/mol. The van der Waals surface area contributed by atoms with E-state index in [1.54, 1.807) is 42.5 Å². The molecule has 46 heavy (non-hydrogen) atoms. The molecule has 0 unspecified atom stereocenters. The summed E-state index contributed by atoms with van der Waals surface area (Å²) in [7, 11) is -1.58. The maximum atomic E-state index is 12.3. The van der Waals surface area contributed by atoms with Crippen molar-refractivity contribution in [3.8, 4) is 34.2 Å². The van der Waals surface area contributed by atoms with Crippen molar-refractivity contribution in [1.82, 2.24) is 34.3 Å². The summed E-state index contributed by atoms with van der Waals surface area (Å²) in [5.74, 6) is 1.64. The van der Waals surface area contributed by atoms with Gasteiger partial charge in [0.15, 0.2) is 15.7 Å². The molecule has 6 rings (SSSR count). The normalized spacial score (nSPS) is 14.2. The number of anilines is 2. The minimum absolute atomic E-state index is 0.00447. The van der Waals surface area contributed by atoms with Crippen molar-refractivity contribution in [1.29, 1.82) is 5.26 Å². The third kappa shape index (κ3) is 6.37. The van der Waals surface area contributed by atoms with Crippen LogP contribution in [0, 0.1) is 11.3 Å². The zero-order chi connectivity index (χ0) is 32.4. The van der Waals surface area contributed by atoms with E-state index in [9.17, 15) is 13.7 Å². The van der Waals surface area contributed by atoms with E-state index >= 15 is 0 Å². The Kier molecular flexibility index (Phi) is 8.61. The highest BCUT2D eigenvalue weighted by atomic mass is 32.2. The Bertz CT molecular complexity index is 1990. The number of methoxy groups -OCH3 is 1. The molecular formula is C32H36N10O3S. The number of rotatable bonds is 10. The number of nitriles is 1. The van der Waals surface area contributed by atoms with Crippen LogP contribution in [0.3, 0.4) is 0 Å². The van der Waals surface area contributed by atoms with E-state index in [0.717, 1.165) is 66.4 Å². The van der Waals surface area contributed by atoms with Crippen LogP contribution in [0.5, 0.6) is 5.88 Å². The van der Waals surface area contributed by atoms with E-state index < -0.39 is 15.1 Å². The number of nitrogen functional groups attached to an aromatic ring is 1. The standard InChI is InChI=1S/C32H36N10O3S/c1-22(2)46(43,44)13-12-41-20-26(18-37-41)25-14-27(31-28(15-33)32(34)38-42(31)21-25)24-5-6-29(35-17-24)40-10-8-39(9-11-40)19-23-4-7-30(45-3)36-16-23/h4-7,14,16-18,20-22H,8-13,19H2,1-3H3,(H2,34,38). The van der Waals surface area contributed by atoms with Crippen LogP contribution in [0.2, 0.25) is 0 Å². The van der Waals surface area contributed by atoms with E-state index in [-0.39, 0.29) is 18.1 Å². The van der Waals surface area contributed by atoms with Gasteiger partial charge in [0, 0.05) is 85.8 Å². The van der Waals surface area contributed by atoms with Crippen molar-refractivity contribution in [3.05, 3.63) is 72.4 Å². The van der Waals surface area contributed by atoms with Crippen molar-refractivity contribution in [3.63, 3.8) is 0 Å². The first kappa shape index (κ1) is 31.0. The predicted molar refractivity (Wildman–Crippen MR) is 176 cm³/mol. The smallest absolute Gasteiger partial charge is 0.212 e. The van der Waals surface area contributed by atoms with Crippen molar-refractivity contribution in [2.24, 2.45) is 0 Å². The molecule has 0 saturated carbocycles. The molecule has 6 heterocycles. The summed E-state index contributed by atoms with van der Waals surface area (Å²) < 4.78 is 33.0. The second-order valence-corrected chi connectivity index (χ2v) is 14.3. The van der Waals surface area contributed by atoms with Crippen molar-refractivity contribution < 1.29 is 13.2 Å². The highest BCUT2D eigenvalue weighted by Gasteiger charge is 2.21. The lowest BCUT2D eigenvalue weighted by molar-refractivity contribution is 0.249. The summed E-state index contributed by atoms with van der Waals surface area (Å²) in [5.41, 5.74) is 11.3. The number of aromatic nitrogens is 6. The Morgan fingerprint density at radius 2 is 1.80 bits per heavy atom. The van der Waals surface area contributed by atoms with Crippen LogP contribution in [-0.2, 0) is 22.9 Å². The molecule has 0 bridgehead atoms. The molecule has 5 aromatic rings. The van der Waals surface area contributed by atoms with Gasteiger partial charge in [0.25, 0.3) is 0 Å². The maximum absolute atomic E-state index is 12.3. The molecule has 14 heteroatoms. The predicted octanol–water partition coefficient (Wildman–Crippen LogP) is 3.26. The lowest BCUT2D eigenvalue weighted by Crippen LogP contribution is -2.46. The van der Waals surface area contributed by atoms with Gasteiger partial charge in [0.2, 0.25) is 5.88 Å². The van der Waals surface area contributed by atoms with Gasteiger partial charge in [-0.1, -0.05) is 6.07 Å². The molecular weight excluding hydrogens is 604 g/mol. The highest BCUT2D eigenvalue weighted by Crippen LogP contribution is 2.34. The molecule has 1 saturated heterocycles. The summed E-state index contributed by atoms with van der Waals surface area (Å²) in [6.07, 6.45) is 8.97. The molecule has 0 radical (unpaired) electrons. The van der Waals surface area contributed by atoms with Gasteiger partial charge in [0.1, 0.15) is 17.5 Å². The average Bonchev–Trinajstić information content (AvgIpc) is 3.67. The minimum Gasteiger partial charge on any atom is -0.481 e. The number of piperazine rings is 1. The molecule has 2 N–H and O–H groups in total. The summed E-state index contributed by atoms with van der Waals surface area (Å²) in [4.78, 5) is 13.8. The fourth-order valence-electron chi connectivity index (χ4n) is 5.53. The number of hydrogen-bond acceptors (Lipinski definition) is 11. The van der Waals surface area contributed by atoms with Crippen LogP contribution in [0.25, 0.3) is 27.8 Å². The van der Waals surface area contributed by atoms with Crippen molar-refractivity contribution >= 4 is 27.0 Å². The van der Waals surface area contributed by atoms with Crippen molar-refractivity contribution in [2.75, 3.05) is 49.7 Å². The second-order valence-electron chi connectivity index (χ2n) is 11.6. The Morgan fingerprint density at radius 1 is 1.00 bits per heavy atom. The lowest BCUT2D eigenvalue weighted by Gasteiger charge is -2.35. The Hall–Kier alpha value is -5.00. The number of nitrogens with two attached hydrogens (primary N) is 1. The maximum Gasteiger partial charge on any atom is 0.212 e. The molecule has 5 aromatic heterocycles. The number of fused-ring (bicyclic) bond motifs is 1. The van der Waals surface area contributed by atoms with E-state index in [0.29, 0.717) is 17.0 Å². The van der Waals surface area contributed by atoms with Gasteiger partial charge in [-0.3, -0.25) is 9.58 Å². The first-order valence-electron chi connectivity index (χ1n) is 15.0. The fourth-order valence-corrected chi connectivity index (χ4v) is 6.44. The number of hydrogen-bond donors (Lipinski definition) is 1. The molecule has 1 aliphatic rings. The highest BCUT2D eigenvalue weighted by molar-refractivity contribution is 7.91. The van der Waals surface area contributed by atoms with Gasteiger partial charge in [0.05, 0.1) is 36.4 Å². The molecule has 0 spiro atoms. The molecule has 0 amide bonds. The third-order valence-corrected chi connectivity index (χ3v) is 10.5. The third-order valence-electron chi connectivity index (χ3n) is 8.32. The number of nitrogens with zero attached hydrogens (tertiary/aromatic N) is 9. The Labute approximate surface area is 267 Å². The quantitative estimate of drug-likeness (QED) is 0.239. The molecule has 0 aliphatic carbocycles. The van der Waals surface area contributed by atoms with Crippen LogP contribution in [-0.4, -0.2) is 87.0 Å². The van der Waals surface area contributed by atoms with Crippen LogP contribution >= 0.6 is 0 Å². The van der Waals surface area contributed by atoms with E-state index in [2.05, 4.69) is 31.1 Å². The largest absolute Gasteiger partial charge is 0.481 e. The number of pyridine rings is 3. The molecule has 13 nitrogen and oxygen atoms in total. The van der Waals surface area contributed by atoms with Gasteiger partial charge in [-0.25, -0.2) is 22.9 Å². The van der Waals surface area contributed by atoms with Gasteiger partial charge < -0.3 is 15.4 Å². The zero-order valence-electron chi connectivity index (χ0n) is 26.0. The van der Waals surface area contributed by atoms with E-state index in [1.165, 1.54) is 0 Å². The molecule has 1 aliphatic heterocycles. The topological polar surface area (TPSA) is 161 Å². The van der Waals surface area contributed by atoms with E-state index in [1.807, 2.05) is 48.9 Å². The number of sulfone groups is 1. The van der Waals surface area contributed by atoms with Crippen LogP contribution in [0.1, 0.15) is 25.0 Å². The fraction of sp³-hybridized carbons (Fsp3) is 0.344. The molecule has 0 atom stereocenters. The van der Waals surface area contributed by atoms with Crippen molar-refractivity contribution in [2.45, 2.75) is 32.2 Å². The number of aryl methyl sites for hydroxylation is 1. The Morgan fingerprint density at radius 3 is 2.46 bits per heavy atom. The van der Waals surface area contributed by atoms with Gasteiger partial charge in [-0.2, -0.15) is 10.4 Å². The van der Waals surface area contributed by atoms with Gasteiger partial charge in [-0.05, 0) is 37.6 Å². The van der Waals surface area contributed by atoms with E-state index in [4.69, 9.17) is 15.5 Å². The second kappa shape index (κ2) is 12.8. The summed E-state index contributed by atoms with van der Waals surface area (Å²) in [6.45, 7) is 7.92. The summed E-state index contributed by atoms with van der Waals surface area (Å²) >= 11 is 0. The summed E-state index contributed by atoms with van der Waals surface area (Å²) in [6, 6.07) is 12.1. The Balaban J connectivity index is 1.22. The van der Waals surface area contributed by atoms with Crippen LogP contribution < -0.4 is 15.4 Å². The molecule has 1 fully saturated rings.